The SMILES string of the molecule is CCc1ncnc(NN2C(C)CCCC2C)c1F. The Bertz CT molecular complexity index is 400. The fraction of sp³-hybridized carbons (Fsp3) is 0.692. The van der Waals surface area contributed by atoms with Crippen LogP contribution in [0.2, 0.25) is 0 Å². The van der Waals surface area contributed by atoms with Crippen LogP contribution in [0.25, 0.3) is 0 Å². The van der Waals surface area contributed by atoms with Crippen molar-refractivity contribution < 1.29 is 4.39 Å². The maximum Gasteiger partial charge on any atom is 0.188 e. The maximum absolute atomic E-state index is 14.1. The van der Waals surface area contributed by atoms with E-state index in [0.717, 1.165) is 12.8 Å². The first-order chi connectivity index (χ1) is 8.63. The van der Waals surface area contributed by atoms with E-state index < -0.39 is 0 Å². The van der Waals surface area contributed by atoms with Crippen LogP contribution in [-0.2, 0) is 6.42 Å². The number of anilines is 1. The molecule has 0 radical (unpaired) electrons. The van der Waals surface area contributed by atoms with E-state index in [0.29, 0.717) is 30.0 Å². The molecule has 1 aromatic heterocycles. The van der Waals surface area contributed by atoms with Crippen LogP contribution < -0.4 is 5.43 Å². The molecule has 1 fully saturated rings. The highest BCUT2D eigenvalue weighted by Crippen LogP contribution is 2.24. The number of piperidine rings is 1. The second-order valence-corrected chi connectivity index (χ2v) is 4.98. The van der Waals surface area contributed by atoms with Gasteiger partial charge in [0.25, 0.3) is 0 Å². The molecule has 0 aliphatic carbocycles. The largest absolute Gasteiger partial charge is 0.300 e. The summed E-state index contributed by atoms with van der Waals surface area (Å²) in [6.45, 7) is 6.20. The summed E-state index contributed by atoms with van der Waals surface area (Å²) in [4.78, 5) is 7.95. The number of halogens is 1. The van der Waals surface area contributed by atoms with Crippen molar-refractivity contribution in [2.45, 2.75) is 58.5 Å². The van der Waals surface area contributed by atoms with Crippen LogP contribution in [0, 0.1) is 5.82 Å². The minimum Gasteiger partial charge on any atom is -0.300 e. The molecule has 0 aromatic carbocycles. The van der Waals surface area contributed by atoms with E-state index in [1.807, 2.05) is 6.92 Å². The molecule has 4 nitrogen and oxygen atoms in total. The summed E-state index contributed by atoms with van der Waals surface area (Å²) < 4.78 is 14.1. The van der Waals surface area contributed by atoms with Gasteiger partial charge in [0.15, 0.2) is 11.6 Å². The Labute approximate surface area is 108 Å². The average molecular weight is 252 g/mol. The fourth-order valence-electron chi connectivity index (χ4n) is 2.49. The lowest BCUT2D eigenvalue weighted by molar-refractivity contribution is 0.134. The van der Waals surface area contributed by atoms with Gasteiger partial charge in [0.05, 0.1) is 5.69 Å². The third-order valence-corrected chi connectivity index (χ3v) is 3.63. The molecule has 1 aliphatic heterocycles. The number of aromatic nitrogens is 2. The van der Waals surface area contributed by atoms with Gasteiger partial charge in [-0.2, -0.15) is 0 Å². The van der Waals surface area contributed by atoms with E-state index >= 15 is 0 Å². The zero-order valence-corrected chi connectivity index (χ0v) is 11.3. The molecule has 1 aliphatic rings. The van der Waals surface area contributed by atoms with Crippen molar-refractivity contribution in [2.24, 2.45) is 0 Å². The minimum absolute atomic E-state index is 0.294. The van der Waals surface area contributed by atoms with Crippen molar-refractivity contribution >= 4 is 5.82 Å². The quantitative estimate of drug-likeness (QED) is 0.898. The smallest absolute Gasteiger partial charge is 0.188 e. The van der Waals surface area contributed by atoms with Crippen LogP contribution in [0.1, 0.15) is 45.7 Å². The highest BCUT2D eigenvalue weighted by molar-refractivity contribution is 5.36. The predicted octanol–water partition coefficient (Wildman–Crippen LogP) is 2.77. The molecule has 2 atom stereocenters. The van der Waals surface area contributed by atoms with Gasteiger partial charge in [-0.15, -0.1) is 0 Å². The number of nitrogens with zero attached hydrogens (tertiary/aromatic N) is 3. The van der Waals surface area contributed by atoms with E-state index in [1.54, 1.807) is 0 Å². The van der Waals surface area contributed by atoms with Gasteiger partial charge in [0.1, 0.15) is 6.33 Å². The van der Waals surface area contributed by atoms with E-state index in [4.69, 9.17) is 0 Å². The maximum atomic E-state index is 14.1. The van der Waals surface area contributed by atoms with Gasteiger partial charge in [0.2, 0.25) is 0 Å². The number of aryl methyl sites for hydroxylation is 1. The van der Waals surface area contributed by atoms with E-state index in [9.17, 15) is 4.39 Å². The number of nitrogens with one attached hydrogen (secondary N) is 1. The van der Waals surface area contributed by atoms with Gasteiger partial charge in [-0.1, -0.05) is 13.3 Å². The van der Waals surface area contributed by atoms with E-state index in [1.165, 1.54) is 12.7 Å². The lowest BCUT2D eigenvalue weighted by atomic mass is 10.00. The highest BCUT2D eigenvalue weighted by atomic mass is 19.1. The first-order valence-corrected chi connectivity index (χ1v) is 6.67. The minimum atomic E-state index is -0.329. The van der Waals surface area contributed by atoms with Crippen molar-refractivity contribution in [3.05, 3.63) is 17.8 Å². The molecule has 1 saturated heterocycles. The van der Waals surface area contributed by atoms with Crippen LogP contribution in [0.5, 0.6) is 0 Å². The third-order valence-electron chi connectivity index (χ3n) is 3.63. The Hall–Kier alpha value is -1.23. The number of rotatable bonds is 3. The molecule has 100 valence electrons. The summed E-state index contributed by atoms with van der Waals surface area (Å²) >= 11 is 0. The molecule has 1 N–H and O–H groups in total. The number of hydrazine groups is 1. The molecule has 2 heterocycles. The summed E-state index contributed by atoms with van der Waals surface area (Å²) in [5, 5.41) is 2.11. The average Bonchev–Trinajstić information content (AvgIpc) is 2.36. The zero-order chi connectivity index (χ0) is 13.1. The Morgan fingerprint density at radius 2 is 2.00 bits per heavy atom. The van der Waals surface area contributed by atoms with Crippen LogP contribution in [0.4, 0.5) is 10.2 Å². The van der Waals surface area contributed by atoms with Crippen LogP contribution in [0.3, 0.4) is 0 Å². The predicted molar refractivity (Wildman–Crippen MR) is 69.6 cm³/mol. The van der Waals surface area contributed by atoms with Gasteiger partial charge in [0, 0.05) is 12.1 Å². The van der Waals surface area contributed by atoms with Gasteiger partial charge < -0.3 is 5.43 Å². The normalized spacial score (nSPS) is 25.1. The molecule has 0 spiro atoms. The fourth-order valence-corrected chi connectivity index (χ4v) is 2.49. The molecule has 1 aromatic rings. The number of hydrogen-bond donors (Lipinski definition) is 1. The number of hydrogen-bond acceptors (Lipinski definition) is 4. The Morgan fingerprint density at radius 3 is 2.61 bits per heavy atom. The zero-order valence-electron chi connectivity index (χ0n) is 11.3. The van der Waals surface area contributed by atoms with Gasteiger partial charge >= 0.3 is 0 Å². The molecule has 0 saturated carbocycles. The summed E-state index contributed by atoms with van der Waals surface area (Å²) in [5.41, 5.74) is 3.59. The molecular weight excluding hydrogens is 231 g/mol. The van der Waals surface area contributed by atoms with Crippen LogP contribution >= 0.6 is 0 Å². The van der Waals surface area contributed by atoms with Crippen LogP contribution in [-0.4, -0.2) is 27.1 Å². The van der Waals surface area contributed by atoms with Crippen molar-refractivity contribution in [1.82, 2.24) is 15.0 Å². The Kier molecular flexibility index (Phi) is 4.11. The second kappa shape index (κ2) is 5.61. The summed E-state index contributed by atoms with van der Waals surface area (Å²) in [7, 11) is 0. The van der Waals surface area contributed by atoms with E-state index in [-0.39, 0.29) is 5.82 Å². The van der Waals surface area contributed by atoms with Crippen molar-refractivity contribution in [3.8, 4) is 0 Å². The molecule has 0 amide bonds. The van der Waals surface area contributed by atoms with Gasteiger partial charge in [-0.3, -0.25) is 0 Å². The van der Waals surface area contributed by atoms with E-state index in [2.05, 4.69) is 34.3 Å². The Balaban J connectivity index is 2.17. The van der Waals surface area contributed by atoms with Crippen molar-refractivity contribution in [1.29, 1.82) is 0 Å². The Morgan fingerprint density at radius 1 is 1.33 bits per heavy atom. The summed E-state index contributed by atoms with van der Waals surface area (Å²) in [6, 6.07) is 0.793. The van der Waals surface area contributed by atoms with Crippen molar-refractivity contribution in [3.63, 3.8) is 0 Å². The molecule has 5 heteroatoms. The lowest BCUT2D eigenvalue weighted by Gasteiger charge is -2.39. The monoisotopic (exact) mass is 252 g/mol. The van der Waals surface area contributed by atoms with Crippen LogP contribution in [0.15, 0.2) is 6.33 Å². The topological polar surface area (TPSA) is 41.1 Å². The molecule has 0 bridgehead atoms. The molecular formula is C13H21FN4. The molecule has 2 unspecified atom stereocenters. The summed E-state index contributed by atoms with van der Waals surface area (Å²) in [5.74, 6) is -0.0348. The standard InChI is InChI=1S/C13H21FN4/c1-4-11-12(14)13(16-8-15-11)17-18-9(2)6-5-7-10(18)3/h8-10H,4-7H2,1-3H3,(H,15,16,17). The second-order valence-electron chi connectivity index (χ2n) is 4.98. The first kappa shape index (κ1) is 13.2. The van der Waals surface area contributed by atoms with Gasteiger partial charge in [-0.05, 0) is 33.1 Å². The first-order valence-electron chi connectivity index (χ1n) is 6.67. The third kappa shape index (κ3) is 2.61. The van der Waals surface area contributed by atoms with Crippen molar-refractivity contribution in [2.75, 3.05) is 5.43 Å². The highest BCUT2D eigenvalue weighted by Gasteiger charge is 2.26. The molecule has 2 rings (SSSR count). The van der Waals surface area contributed by atoms with Gasteiger partial charge in [-0.25, -0.2) is 19.4 Å². The lowest BCUT2D eigenvalue weighted by Crippen LogP contribution is -2.47. The molecule has 18 heavy (non-hydrogen) atoms. The summed E-state index contributed by atoms with van der Waals surface area (Å²) in [6.07, 6.45) is 5.49.